The molecule has 4 heterocycles. The van der Waals surface area contributed by atoms with Crippen LogP contribution in [0, 0.1) is 0 Å². The number of aromatic nitrogens is 7. The summed E-state index contributed by atoms with van der Waals surface area (Å²) in [4.78, 5) is 20.3. The summed E-state index contributed by atoms with van der Waals surface area (Å²) in [7, 11) is 0. The van der Waals surface area contributed by atoms with Crippen LogP contribution in [0.1, 0.15) is 0 Å². The van der Waals surface area contributed by atoms with Crippen molar-refractivity contribution in [2.75, 3.05) is 32.8 Å². The molecule has 0 saturated carbocycles. The average molecular weight is 376 g/mol. The molecule has 3 aromatic heterocycles. The Morgan fingerprint density at radius 2 is 1.79 bits per heavy atom. The van der Waals surface area contributed by atoms with E-state index in [-0.39, 0.29) is 0 Å². The van der Waals surface area contributed by atoms with Crippen LogP contribution in [0.25, 0.3) is 33.9 Å². The fourth-order valence-corrected chi connectivity index (χ4v) is 3.36. The Labute approximate surface area is 161 Å². The summed E-state index contributed by atoms with van der Waals surface area (Å²) in [6, 6.07) is 8.03. The molecule has 0 bridgehead atoms. The van der Waals surface area contributed by atoms with Crippen molar-refractivity contribution < 1.29 is 4.74 Å². The highest BCUT2D eigenvalue weighted by Crippen LogP contribution is 2.22. The molecular weight excluding hydrogens is 356 g/mol. The van der Waals surface area contributed by atoms with E-state index in [1.54, 1.807) is 6.20 Å². The van der Waals surface area contributed by atoms with Gasteiger partial charge in [0.05, 0.1) is 31.4 Å². The third kappa shape index (κ3) is 3.37. The van der Waals surface area contributed by atoms with Gasteiger partial charge >= 0.3 is 0 Å². The molecule has 1 aromatic carbocycles. The van der Waals surface area contributed by atoms with Crippen LogP contribution in [0.15, 0.2) is 43.1 Å². The predicted molar refractivity (Wildman–Crippen MR) is 103 cm³/mol. The monoisotopic (exact) mass is 376 g/mol. The zero-order valence-corrected chi connectivity index (χ0v) is 15.3. The van der Waals surface area contributed by atoms with Crippen LogP contribution in [0.5, 0.6) is 0 Å². The highest BCUT2D eigenvalue weighted by molar-refractivity contribution is 5.72. The van der Waals surface area contributed by atoms with Gasteiger partial charge in [-0.25, -0.2) is 19.9 Å². The smallest absolute Gasteiger partial charge is 0.197 e. The van der Waals surface area contributed by atoms with Gasteiger partial charge in [0.25, 0.3) is 0 Å². The Bertz CT molecular complexity index is 1050. The molecule has 5 rings (SSSR count). The summed E-state index contributed by atoms with van der Waals surface area (Å²) in [6.07, 6.45) is 5.09. The van der Waals surface area contributed by atoms with Gasteiger partial charge in [-0.15, -0.1) is 0 Å². The van der Waals surface area contributed by atoms with Crippen LogP contribution in [0.4, 0.5) is 0 Å². The Morgan fingerprint density at radius 1 is 0.964 bits per heavy atom. The summed E-state index contributed by atoms with van der Waals surface area (Å²) in [5.74, 6) is 0.745. The number of nitrogens with zero attached hydrogens (tertiary/aromatic N) is 7. The van der Waals surface area contributed by atoms with Gasteiger partial charge in [0.15, 0.2) is 17.1 Å². The highest BCUT2D eigenvalue weighted by atomic mass is 16.5. The molecule has 1 fully saturated rings. The first kappa shape index (κ1) is 17.0. The van der Waals surface area contributed by atoms with Crippen LogP contribution in [0.2, 0.25) is 0 Å². The molecule has 28 heavy (non-hydrogen) atoms. The lowest BCUT2D eigenvalue weighted by molar-refractivity contribution is 0.0365. The van der Waals surface area contributed by atoms with Gasteiger partial charge in [-0.1, -0.05) is 24.3 Å². The van der Waals surface area contributed by atoms with Crippen molar-refractivity contribution in [3.05, 3.63) is 43.1 Å². The molecule has 9 heteroatoms. The van der Waals surface area contributed by atoms with E-state index < -0.39 is 0 Å². The SMILES string of the molecule is c1n[nH]c(-c2ccc(-c3cnc4ncn(CCN5CCOCC5)c4n3)cc2)n1. The third-order valence-electron chi connectivity index (χ3n) is 4.96. The summed E-state index contributed by atoms with van der Waals surface area (Å²) in [5.41, 5.74) is 4.28. The number of H-pyrrole nitrogens is 1. The number of ether oxygens (including phenoxy) is 1. The number of aromatic amines is 1. The molecule has 1 aliphatic rings. The van der Waals surface area contributed by atoms with Crippen molar-refractivity contribution in [1.82, 2.24) is 39.6 Å². The number of hydrogen-bond donors (Lipinski definition) is 1. The lowest BCUT2D eigenvalue weighted by atomic mass is 10.1. The summed E-state index contributed by atoms with van der Waals surface area (Å²) >= 11 is 0. The molecule has 0 spiro atoms. The number of imidazole rings is 1. The van der Waals surface area contributed by atoms with E-state index in [4.69, 9.17) is 9.72 Å². The second-order valence-corrected chi connectivity index (χ2v) is 6.71. The zero-order chi connectivity index (χ0) is 18.8. The van der Waals surface area contributed by atoms with Crippen LogP contribution in [-0.2, 0) is 11.3 Å². The normalized spacial score (nSPS) is 15.3. The van der Waals surface area contributed by atoms with E-state index in [0.717, 1.165) is 67.7 Å². The van der Waals surface area contributed by atoms with Crippen LogP contribution < -0.4 is 0 Å². The lowest BCUT2D eigenvalue weighted by Gasteiger charge is -2.26. The van der Waals surface area contributed by atoms with Crippen molar-refractivity contribution in [2.45, 2.75) is 6.54 Å². The molecule has 1 aliphatic heterocycles. The first-order valence-corrected chi connectivity index (χ1v) is 9.31. The van der Waals surface area contributed by atoms with E-state index in [0.29, 0.717) is 5.65 Å². The van der Waals surface area contributed by atoms with Gasteiger partial charge in [0.2, 0.25) is 0 Å². The second-order valence-electron chi connectivity index (χ2n) is 6.71. The number of nitrogens with one attached hydrogen (secondary N) is 1. The van der Waals surface area contributed by atoms with Gasteiger partial charge in [-0.2, -0.15) is 5.10 Å². The Morgan fingerprint density at radius 3 is 2.57 bits per heavy atom. The first-order valence-electron chi connectivity index (χ1n) is 9.31. The van der Waals surface area contributed by atoms with E-state index in [1.807, 2.05) is 30.6 Å². The number of fused-ring (bicyclic) bond motifs is 1. The maximum Gasteiger partial charge on any atom is 0.197 e. The molecule has 1 N–H and O–H groups in total. The van der Waals surface area contributed by atoms with E-state index in [2.05, 4.69) is 34.6 Å². The minimum Gasteiger partial charge on any atom is -0.379 e. The molecule has 142 valence electrons. The van der Waals surface area contributed by atoms with Crippen molar-refractivity contribution in [3.63, 3.8) is 0 Å². The standard InChI is InChI=1S/C19H20N8O/c1-3-15(17-21-12-23-25-17)4-2-14(1)16-11-20-18-19(24-16)27(13-22-18)6-5-26-7-9-28-10-8-26/h1-4,11-13H,5-10H2,(H,21,23,25). The van der Waals surface area contributed by atoms with Crippen molar-refractivity contribution in [2.24, 2.45) is 0 Å². The van der Waals surface area contributed by atoms with Gasteiger partial charge in [0, 0.05) is 37.3 Å². The van der Waals surface area contributed by atoms with Gasteiger partial charge in [-0.3, -0.25) is 10.00 Å². The topological polar surface area (TPSA) is 97.6 Å². The van der Waals surface area contributed by atoms with Crippen LogP contribution in [-0.4, -0.2) is 72.4 Å². The van der Waals surface area contributed by atoms with Crippen molar-refractivity contribution in [1.29, 1.82) is 0 Å². The average Bonchev–Trinajstić information content (AvgIpc) is 3.43. The van der Waals surface area contributed by atoms with Gasteiger partial charge in [0.1, 0.15) is 6.33 Å². The summed E-state index contributed by atoms with van der Waals surface area (Å²) in [5, 5.41) is 6.76. The molecule has 0 atom stereocenters. The van der Waals surface area contributed by atoms with Gasteiger partial charge < -0.3 is 9.30 Å². The molecule has 9 nitrogen and oxygen atoms in total. The number of hydrogen-bond acceptors (Lipinski definition) is 7. The quantitative estimate of drug-likeness (QED) is 0.565. The van der Waals surface area contributed by atoms with Gasteiger partial charge in [-0.05, 0) is 0 Å². The van der Waals surface area contributed by atoms with E-state index >= 15 is 0 Å². The number of rotatable bonds is 5. The molecule has 1 saturated heterocycles. The van der Waals surface area contributed by atoms with E-state index in [1.165, 1.54) is 6.33 Å². The fourth-order valence-electron chi connectivity index (χ4n) is 3.36. The highest BCUT2D eigenvalue weighted by Gasteiger charge is 2.13. The Balaban J connectivity index is 1.38. The zero-order valence-electron chi connectivity index (χ0n) is 15.3. The van der Waals surface area contributed by atoms with Crippen molar-refractivity contribution in [3.8, 4) is 22.6 Å². The van der Waals surface area contributed by atoms with Crippen LogP contribution in [0.3, 0.4) is 0 Å². The van der Waals surface area contributed by atoms with Crippen molar-refractivity contribution >= 4 is 11.3 Å². The molecule has 0 aliphatic carbocycles. The predicted octanol–water partition coefficient (Wildman–Crippen LogP) is 1.61. The molecule has 0 unspecified atom stereocenters. The molecule has 4 aromatic rings. The Kier molecular flexibility index (Phi) is 4.51. The maximum atomic E-state index is 5.41. The molecular formula is C19H20N8O. The molecule has 0 amide bonds. The number of benzene rings is 1. The lowest BCUT2D eigenvalue weighted by Crippen LogP contribution is -2.38. The largest absolute Gasteiger partial charge is 0.379 e. The Hall–Kier alpha value is -3.17. The first-order chi connectivity index (χ1) is 13.9. The minimum atomic E-state index is 0.670. The second kappa shape index (κ2) is 7.45. The molecule has 0 radical (unpaired) electrons. The summed E-state index contributed by atoms with van der Waals surface area (Å²) in [6.45, 7) is 5.34. The third-order valence-corrected chi connectivity index (χ3v) is 4.96. The van der Waals surface area contributed by atoms with E-state index in [9.17, 15) is 0 Å². The van der Waals surface area contributed by atoms with Crippen LogP contribution >= 0.6 is 0 Å². The fraction of sp³-hybridized carbons (Fsp3) is 0.316. The number of morpholine rings is 1. The summed E-state index contributed by atoms with van der Waals surface area (Å²) < 4.78 is 7.48. The maximum absolute atomic E-state index is 5.41. The minimum absolute atomic E-state index is 0.670.